The van der Waals surface area contributed by atoms with E-state index in [1.165, 1.54) is 6.07 Å². The summed E-state index contributed by atoms with van der Waals surface area (Å²) in [6.07, 6.45) is 5.66. The molecule has 118 valence electrons. The lowest BCUT2D eigenvalue weighted by atomic mass is 9.96. The van der Waals surface area contributed by atoms with E-state index in [-0.39, 0.29) is 5.82 Å². The number of aromatic nitrogens is 4. The van der Waals surface area contributed by atoms with Crippen LogP contribution >= 0.6 is 0 Å². The Morgan fingerprint density at radius 3 is 2.70 bits per heavy atom. The van der Waals surface area contributed by atoms with Gasteiger partial charge in [-0.25, -0.2) is 9.37 Å². The Hall–Kier alpha value is -2.34. The molecule has 0 N–H and O–H groups in total. The van der Waals surface area contributed by atoms with Gasteiger partial charge in [0.25, 0.3) is 5.78 Å². The third-order valence-electron chi connectivity index (χ3n) is 4.56. The highest BCUT2D eigenvalue weighted by molar-refractivity contribution is 5.63. The monoisotopic (exact) mass is 311 g/mol. The Labute approximate surface area is 133 Å². The van der Waals surface area contributed by atoms with Gasteiger partial charge < -0.3 is 4.90 Å². The quantitative estimate of drug-likeness (QED) is 0.730. The first-order valence-corrected chi connectivity index (χ1v) is 7.86. The highest BCUT2D eigenvalue weighted by Gasteiger charge is 2.23. The smallest absolute Gasteiger partial charge is 0.254 e. The van der Waals surface area contributed by atoms with Crippen LogP contribution in [0.3, 0.4) is 0 Å². The van der Waals surface area contributed by atoms with Crippen LogP contribution in [0.2, 0.25) is 0 Å². The topological polar surface area (TPSA) is 46.3 Å². The van der Waals surface area contributed by atoms with Crippen molar-refractivity contribution in [3.63, 3.8) is 0 Å². The van der Waals surface area contributed by atoms with Gasteiger partial charge in [-0.1, -0.05) is 18.2 Å². The van der Waals surface area contributed by atoms with Crippen LogP contribution < -0.4 is 0 Å². The Bertz CT molecular complexity index is 836. The molecule has 3 heterocycles. The second kappa shape index (κ2) is 5.70. The maximum absolute atomic E-state index is 14.0. The third kappa shape index (κ3) is 2.59. The lowest BCUT2D eigenvalue weighted by molar-refractivity contribution is 0.250. The molecular weight excluding hydrogens is 293 g/mol. The maximum atomic E-state index is 14.0. The van der Waals surface area contributed by atoms with Crippen molar-refractivity contribution in [2.45, 2.75) is 18.8 Å². The minimum absolute atomic E-state index is 0.248. The van der Waals surface area contributed by atoms with Crippen LogP contribution in [-0.2, 0) is 0 Å². The molecule has 1 aliphatic rings. The van der Waals surface area contributed by atoms with E-state index in [9.17, 15) is 4.39 Å². The largest absolute Gasteiger partial charge is 0.306 e. The Morgan fingerprint density at radius 1 is 1.13 bits per heavy atom. The van der Waals surface area contributed by atoms with Crippen molar-refractivity contribution >= 4 is 5.78 Å². The van der Waals surface area contributed by atoms with Crippen molar-refractivity contribution < 1.29 is 4.39 Å². The molecule has 0 atom stereocenters. The summed E-state index contributed by atoms with van der Waals surface area (Å²) in [5.74, 6) is 1.62. The number of fused-ring (bicyclic) bond motifs is 1. The van der Waals surface area contributed by atoms with E-state index in [0.29, 0.717) is 17.3 Å². The number of likely N-dealkylation sites (tertiary alicyclic amines) is 1. The van der Waals surface area contributed by atoms with Crippen molar-refractivity contribution in [2.24, 2.45) is 0 Å². The van der Waals surface area contributed by atoms with E-state index in [4.69, 9.17) is 0 Å². The lowest BCUT2D eigenvalue weighted by Gasteiger charge is -2.27. The molecule has 1 aromatic carbocycles. The fourth-order valence-corrected chi connectivity index (χ4v) is 3.19. The molecule has 0 aliphatic carbocycles. The molecule has 2 aromatic heterocycles. The summed E-state index contributed by atoms with van der Waals surface area (Å²) >= 11 is 0. The van der Waals surface area contributed by atoms with Gasteiger partial charge in [0.2, 0.25) is 0 Å². The van der Waals surface area contributed by atoms with Gasteiger partial charge in [-0.2, -0.15) is 0 Å². The number of nitrogens with zero attached hydrogens (tertiary/aromatic N) is 5. The van der Waals surface area contributed by atoms with Crippen molar-refractivity contribution in [3.05, 3.63) is 48.3 Å². The van der Waals surface area contributed by atoms with Crippen molar-refractivity contribution in [1.29, 1.82) is 0 Å². The normalized spacial score (nSPS) is 17.0. The zero-order valence-electron chi connectivity index (χ0n) is 13.0. The highest BCUT2D eigenvalue weighted by atomic mass is 19.1. The zero-order chi connectivity index (χ0) is 15.8. The molecule has 1 fully saturated rings. The van der Waals surface area contributed by atoms with Crippen LogP contribution in [0.5, 0.6) is 0 Å². The van der Waals surface area contributed by atoms with E-state index in [1.807, 2.05) is 16.7 Å². The summed E-state index contributed by atoms with van der Waals surface area (Å²) in [5, 5.41) is 8.50. The minimum atomic E-state index is -0.248. The first-order valence-electron chi connectivity index (χ1n) is 7.86. The van der Waals surface area contributed by atoms with Gasteiger partial charge in [0.1, 0.15) is 11.6 Å². The van der Waals surface area contributed by atoms with Crippen molar-refractivity contribution in [3.8, 4) is 11.1 Å². The second-order valence-electron chi connectivity index (χ2n) is 6.13. The Balaban J connectivity index is 1.76. The molecule has 0 amide bonds. The Kier molecular flexibility index (Phi) is 3.53. The molecule has 4 rings (SSSR count). The maximum Gasteiger partial charge on any atom is 0.254 e. The molecule has 6 heteroatoms. The first-order chi connectivity index (χ1) is 11.2. The van der Waals surface area contributed by atoms with Crippen LogP contribution in [0.25, 0.3) is 16.9 Å². The van der Waals surface area contributed by atoms with Gasteiger partial charge in [0, 0.05) is 29.4 Å². The van der Waals surface area contributed by atoms with Crippen molar-refractivity contribution in [1.82, 2.24) is 24.5 Å². The van der Waals surface area contributed by atoms with E-state index < -0.39 is 0 Å². The molecule has 23 heavy (non-hydrogen) atoms. The number of rotatable bonds is 2. The van der Waals surface area contributed by atoms with Gasteiger partial charge >= 0.3 is 0 Å². The molecule has 0 radical (unpaired) electrons. The van der Waals surface area contributed by atoms with Crippen LogP contribution in [-0.4, -0.2) is 44.6 Å². The number of hydrogen-bond donors (Lipinski definition) is 0. The predicted molar refractivity (Wildman–Crippen MR) is 85.6 cm³/mol. The molecule has 3 aromatic rings. The van der Waals surface area contributed by atoms with Gasteiger partial charge in [0.05, 0.1) is 0 Å². The van der Waals surface area contributed by atoms with Crippen LogP contribution in [0.4, 0.5) is 4.39 Å². The fourth-order valence-electron chi connectivity index (χ4n) is 3.19. The molecule has 0 spiro atoms. The zero-order valence-corrected chi connectivity index (χ0v) is 13.0. The van der Waals surface area contributed by atoms with Gasteiger partial charge in [-0.05, 0) is 39.0 Å². The average Bonchev–Trinajstić information content (AvgIpc) is 2.99. The highest BCUT2D eigenvalue weighted by Crippen LogP contribution is 2.28. The van der Waals surface area contributed by atoms with E-state index >= 15 is 0 Å². The molecule has 1 saturated heterocycles. The lowest BCUT2D eigenvalue weighted by Crippen LogP contribution is -2.30. The van der Waals surface area contributed by atoms with Crippen LogP contribution in [0.15, 0.2) is 36.7 Å². The summed E-state index contributed by atoms with van der Waals surface area (Å²) in [6, 6.07) is 6.74. The minimum Gasteiger partial charge on any atom is -0.306 e. The summed E-state index contributed by atoms with van der Waals surface area (Å²) < 4.78 is 15.9. The molecule has 0 saturated carbocycles. The average molecular weight is 311 g/mol. The summed E-state index contributed by atoms with van der Waals surface area (Å²) in [5.41, 5.74) is 1.29. The van der Waals surface area contributed by atoms with E-state index in [0.717, 1.165) is 37.3 Å². The summed E-state index contributed by atoms with van der Waals surface area (Å²) in [4.78, 5) is 6.66. The van der Waals surface area contributed by atoms with Gasteiger partial charge in [-0.3, -0.25) is 4.40 Å². The molecular formula is C17H18FN5. The fraction of sp³-hybridized carbons (Fsp3) is 0.353. The first kappa shape index (κ1) is 14.3. The van der Waals surface area contributed by atoms with Crippen LogP contribution in [0.1, 0.15) is 24.6 Å². The van der Waals surface area contributed by atoms with E-state index in [2.05, 4.69) is 27.1 Å². The summed E-state index contributed by atoms with van der Waals surface area (Å²) in [7, 11) is 2.13. The van der Waals surface area contributed by atoms with Crippen molar-refractivity contribution in [2.75, 3.05) is 20.1 Å². The van der Waals surface area contributed by atoms with Gasteiger partial charge in [-0.15, -0.1) is 10.2 Å². The second-order valence-corrected chi connectivity index (χ2v) is 6.13. The molecule has 0 unspecified atom stereocenters. The predicted octanol–water partition coefficient (Wildman–Crippen LogP) is 2.74. The van der Waals surface area contributed by atoms with Crippen LogP contribution in [0, 0.1) is 5.82 Å². The number of hydrogen-bond acceptors (Lipinski definition) is 4. The summed E-state index contributed by atoms with van der Waals surface area (Å²) in [6.45, 7) is 2.11. The Morgan fingerprint density at radius 2 is 1.91 bits per heavy atom. The van der Waals surface area contributed by atoms with Gasteiger partial charge in [0.15, 0.2) is 0 Å². The number of benzene rings is 1. The SMILES string of the molecule is CN1CCC(c2nnc3ncc(-c4ccccc4F)cn23)CC1. The molecule has 0 bridgehead atoms. The third-order valence-corrected chi connectivity index (χ3v) is 4.56. The standard InChI is InChI=1S/C17H18FN5/c1-22-8-6-12(7-9-22)16-20-21-17-19-10-13(11-23(16)17)14-4-2-3-5-15(14)18/h2-5,10-12H,6-9H2,1H3. The number of piperidine rings is 1. The molecule has 1 aliphatic heterocycles. The van der Waals surface area contributed by atoms with E-state index in [1.54, 1.807) is 18.3 Å². The number of halogens is 1. The molecule has 5 nitrogen and oxygen atoms in total.